The average molecular weight is 352 g/mol. The van der Waals surface area contributed by atoms with Gasteiger partial charge in [0.1, 0.15) is 5.82 Å². The third-order valence-electron chi connectivity index (χ3n) is 2.91. The first kappa shape index (κ1) is 19.6. The maximum Gasteiger partial charge on any atom is 0.221 e. The minimum Gasteiger partial charge on any atom is -0.297 e. The number of halogens is 1. The Hall–Kier alpha value is -2.45. The van der Waals surface area contributed by atoms with Gasteiger partial charge in [0.2, 0.25) is 6.41 Å². The largest absolute Gasteiger partial charge is 0.297 e. The summed E-state index contributed by atoms with van der Waals surface area (Å²) in [5.74, 6) is 7.74. The summed E-state index contributed by atoms with van der Waals surface area (Å²) in [5.41, 5.74) is 4.10. The average Bonchev–Trinajstić information content (AvgIpc) is 2.53. The van der Waals surface area contributed by atoms with Gasteiger partial charge in [-0.1, -0.05) is 12.1 Å². The lowest BCUT2D eigenvalue weighted by atomic mass is 10.2. The van der Waals surface area contributed by atoms with Gasteiger partial charge in [-0.05, 0) is 42.6 Å². The fourth-order valence-corrected chi connectivity index (χ4v) is 2.79. The van der Waals surface area contributed by atoms with Crippen molar-refractivity contribution >= 4 is 27.7 Å². The summed E-state index contributed by atoms with van der Waals surface area (Å²) >= 11 is 0. The van der Waals surface area contributed by atoms with Crippen LogP contribution in [0.2, 0.25) is 0 Å². The first-order chi connectivity index (χ1) is 11.3. The highest BCUT2D eigenvalue weighted by molar-refractivity contribution is 8.00. The van der Waals surface area contributed by atoms with Crippen molar-refractivity contribution in [3.05, 3.63) is 59.7 Å². The van der Waals surface area contributed by atoms with Crippen LogP contribution in [-0.4, -0.2) is 27.7 Å². The minimum absolute atomic E-state index is 0.322. The molecule has 0 saturated heterocycles. The van der Waals surface area contributed by atoms with Gasteiger partial charge in [0.15, 0.2) is 0 Å². The number of hydrogen-bond acceptors (Lipinski definition) is 4. The smallest absolute Gasteiger partial charge is 0.221 e. The Kier molecular flexibility index (Phi) is 7.34. The molecule has 0 bridgehead atoms. The Morgan fingerprint density at radius 3 is 2.54 bits per heavy atom. The van der Waals surface area contributed by atoms with E-state index >= 15 is 0 Å². The molecule has 2 aromatic rings. The first-order valence-electron chi connectivity index (χ1n) is 6.94. The topological polar surface area (TPSA) is 88.3 Å². The van der Waals surface area contributed by atoms with Gasteiger partial charge in [-0.3, -0.25) is 19.5 Å². The molecule has 8 heteroatoms. The molecule has 1 amide bonds. The van der Waals surface area contributed by atoms with Crippen molar-refractivity contribution in [2.45, 2.75) is 13.5 Å². The fraction of sp³-hybridized carbons (Fsp3) is 0.188. The fourth-order valence-electron chi connectivity index (χ4n) is 1.82. The highest BCUT2D eigenvalue weighted by Crippen LogP contribution is 2.20. The van der Waals surface area contributed by atoms with Crippen LogP contribution in [0.4, 0.5) is 10.1 Å². The number of anilines is 1. The number of carbonyl (C=O) groups excluding carboxylic acids is 1. The van der Waals surface area contributed by atoms with E-state index in [2.05, 4.69) is 16.7 Å². The van der Waals surface area contributed by atoms with Gasteiger partial charge in [-0.25, -0.2) is 14.4 Å². The molecular weight excluding hydrogens is 331 g/mol. The summed E-state index contributed by atoms with van der Waals surface area (Å²) in [7, 11) is -2.52. The molecule has 2 rings (SSSR count). The highest BCUT2D eigenvalue weighted by Gasteiger charge is 2.14. The number of rotatable bonds is 5. The van der Waals surface area contributed by atoms with E-state index in [1.54, 1.807) is 28.1 Å². The van der Waals surface area contributed by atoms with Gasteiger partial charge in [-0.2, -0.15) is 0 Å². The number of benzene rings is 1. The number of nitrogens with one attached hydrogen (secondary N) is 1. The maximum absolute atomic E-state index is 13.4. The van der Waals surface area contributed by atoms with Crippen molar-refractivity contribution in [1.82, 2.24) is 10.4 Å². The van der Waals surface area contributed by atoms with Crippen LogP contribution in [0.25, 0.3) is 0 Å². The van der Waals surface area contributed by atoms with E-state index in [0.29, 0.717) is 18.6 Å². The maximum atomic E-state index is 13.4. The third kappa shape index (κ3) is 6.35. The second kappa shape index (κ2) is 8.99. The third-order valence-corrected chi connectivity index (χ3v) is 4.18. The summed E-state index contributed by atoms with van der Waals surface area (Å²) in [6, 6.07) is 9.81. The van der Waals surface area contributed by atoms with E-state index in [9.17, 15) is 8.60 Å². The lowest BCUT2D eigenvalue weighted by Crippen LogP contribution is -2.29. The van der Waals surface area contributed by atoms with Gasteiger partial charge in [0, 0.05) is 22.2 Å². The predicted molar refractivity (Wildman–Crippen MR) is 96.1 cm³/mol. The van der Waals surface area contributed by atoms with Crippen LogP contribution in [0.5, 0.6) is 0 Å². The molecule has 6 nitrogen and oxygen atoms in total. The quantitative estimate of drug-likeness (QED) is 0.280. The molecule has 1 heterocycles. The summed E-state index contributed by atoms with van der Waals surface area (Å²) in [6.07, 6.45) is 3.69. The van der Waals surface area contributed by atoms with Crippen LogP contribution in [0.15, 0.2) is 42.6 Å². The van der Waals surface area contributed by atoms with Gasteiger partial charge in [-0.15, -0.1) is 0 Å². The van der Waals surface area contributed by atoms with Crippen molar-refractivity contribution in [3.8, 4) is 0 Å². The molecule has 0 spiro atoms. The van der Waals surface area contributed by atoms with Gasteiger partial charge in [0.25, 0.3) is 0 Å². The predicted octanol–water partition coefficient (Wildman–Crippen LogP) is 1.40. The van der Waals surface area contributed by atoms with Crippen LogP contribution in [0.1, 0.15) is 11.3 Å². The number of nitrogens with two attached hydrogens (primary N) is 1. The van der Waals surface area contributed by atoms with Crippen LogP contribution >= 0.6 is 0 Å². The van der Waals surface area contributed by atoms with Crippen molar-refractivity contribution in [3.63, 3.8) is 0 Å². The number of pyridine rings is 1. The normalized spacial score (nSPS) is 12.3. The summed E-state index contributed by atoms with van der Waals surface area (Å²) in [5, 5.41) is 0. The van der Waals surface area contributed by atoms with Crippen LogP contribution in [0.3, 0.4) is 0 Å². The van der Waals surface area contributed by atoms with Gasteiger partial charge in [0.05, 0.1) is 17.9 Å². The van der Waals surface area contributed by atoms with E-state index in [4.69, 9.17) is 4.79 Å². The van der Waals surface area contributed by atoms with E-state index < -0.39 is 9.71 Å². The monoisotopic (exact) mass is 352 g/mol. The zero-order valence-corrected chi connectivity index (χ0v) is 14.4. The van der Waals surface area contributed by atoms with Crippen LogP contribution in [-0.2, 0) is 21.0 Å². The van der Waals surface area contributed by atoms with Crippen molar-refractivity contribution in [2.75, 3.05) is 10.6 Å². The van der Waals surface area contributed by atoms with E-state index in [0.717, 1.165) is 11.3 Å². The summed E-state index contributed by atoms with van der Waals surface area (Å²) < 4.78 is 27.3. The van der Waals surface area contributed by atoms with Crippen LogP contribution in [0, 0.1) is 12.7 Å². The molecular formula is C16H21FN4O2S. The van der Waals surface area contributed by atoms with E-state index in [1.165, 1.54) is 18.4 Å². The molecule has 0 radical (unpaired) electrons. The SMILES string of the molecule is C=S(C)(=O)N(Cc1ccc(C)cn1)c1cccc(F)c1.NNC=O. The molecule has 1 atom stereocenters. The molecule has 130 valence electrons. The number of aromatic nitrogens is 1. The van der Waals surface area contributed by atoms with Crippen molar-refractivity contribution < 1.29 is 13.4 Å². The second-order valence-corrected chi connectivity index (χ2v) is 7.45. The number of nitrogens with zero attached hydrogens (tertiary/aromatic N) is 2. The van der Waals surface area contributed by atoms with E-state index in [-0.39, 0.29) is 5.82 Å². The highest BCUT2D eigenvalue weighted by atomic mass is 32.2. The Labute approximate surface area is 141 Å². The number of hydrogen-bond donors (Lipinski definition) is 2. The molecule has 1 aromatic heterocycles. The first-order valence-corrected chi connectivity index (χ1v) is 9.04. The molecule has 24 heavy (non-hydrogen) atoms. The minimum atomic E-state index is -2.52. The van der Waals surface area contributed by atoms with Crippen molar-refractivity contribution in [2.24, 2.45) is 5.84 Å². The van der Waals surface area contributed by atoms with Crippen LogP contribution < -0.4 is 15.6 Å². The Morgan fingerprint density at radius 2 is 2.08 bits per heavy atom. The molecule has 0 aliphatic rings. The lowest BCUT2D eigenvalue weighted by molar-refractivity contribution is -0.109. The van der Waals surface area contributed by atoms with Crippen molar-refractivity contribution in [1.29, 1.82) is 0 Å². The number of aryl methyl sites for hydroxylation is 1. The van der Waals surface area contributed by atoms with E-state index in [1.807, 2.05) is 19.1 Å². The number of carbonyl (C=O) groups is 1. The Bertz CT molecular complexity index is 764. The molecule has 0 aliphatic carbocycles. The lowest BCUT2D eigenvalue weighted by Gasteiger charge is -2.25. The van der Waals surface area contributed by atoms with Gasteiger partial charge < -0.3 is 0 Å². The number of amides is 1. The summed E-state index contributed by atoms with van der Waals surface area (Å²) in [4.78, 5) is 13.2. The molecule has 3 N–H and O–H groups in total. The molecule has 1 unspecified atom stereocenters. The van der Waals surface area contributed by atoms with Gasteiger partial charge >= 0.3 is 0 Å². The Morgan fingerprint density at radius 1 is 1.42 bits per heavy atom. The molecule has 0 fully saturated rings. The number of hydrazine groups is 1. The summed E-state index contributed by atoms with van der Waals surface area (Å²) in [6.45, 7) is 2.27. The molecule has 1 aromatic carbocycles. The molecule has 0 aliphatic heterocycles. The second-order valence-electron chi connectivity index (χ2n) is 5.09. The standard InChI is InChI=1S/C15H17FN2OS.CH4N2O/c1-12-7-8-14(17-10-12)11-18(20(2,3)19)15-6-4-5-13(16)9-15;2-3-1-4/h4-10H,2,11H2,1,3H3;1H,2H2,(H,3,4). The zero-order valence-electron chi connectivity index (χ0n) is 13.6. The Balaban J connectivity index is 0.000000648. The zero-order chi connectivity index (χ0) is 18.2. The molecule has 0 saturated carbocycles.